The lowest BCUT2D eigenvalue weighted by Gasteiger charge is -2.24. The molecule has 116 valence electrons. The summed E-state index contributed by atoms with van der Waals surface area (Å²) in [6.45, 7) is 4.39. The summed E-state index contributed by atoms with van der Waals surface area (Å²) in [6, 6.07) is 4.94. The van der Waals surface area contributed by atoms with Gasteiger partial charge in [-0.2, -0.15) is 0 Å². The minimum atomic E-state index is -3.49. The van der Waals surface area contributed by atoms with E-state index < -0.39 is 10.0 Å². The second-order valence-corrected chi connectivity index (χ2v) is 8.36. The summed E-state index contributed by atoms with van der Waals surface area (Å²) in [5.74, 6) is 0. The lowest BCUT2D eigenvalue weighted by molar-refractivity contribution is 0.336. The molecule has 1 fully saturated rings. The largest absolute Gasteiger partial charge is 0.389 e. The molecule has 21 heavy (non-hydrogen) atoms. The lowest BCUT2D eigenvalue weighted by Crippen LogP contribution is -2.34. The average Bonchev–Trinajstić information content (AvgIpc) is 2.84. The maximum Gasteiger partial charge on any atom is 0.240 e. The Kier molecular flexibility index (Phi) is 4.70. The van der Waals surface area contributed by atoms with E-state index >= 15 is 0 Å². The highest BCUT2D eigenvalue weighted by molar-refractivity contribution is 7.89. The number of hydrogen-bond acceptors (Lipinski definition) is 3. The molecule has 4 nitrogen and oxygen atoms in total. The number of rotatable bonds is 5. The van der Waals surface area contributed by atoms with Gasteiger partial charge in [-0.25, -0.2) is 13.1 Å². The Morgan fingerprint density at radius 1 is 1.38 bits per heavy atom. The molecule has 1 saturated carbocycles. The predicted octanol–water partition coefficient (Wildman–Crippen LogP) is 2.49. The number of hydrogen-bond donors (Lipinski definition) is 2. The fraction of sp³-hybridized carbons (Fsp3) is 0.533. The highest BCUT2D eigenvalue weighted by atomic mass is 32.2. The summed E-state index contributed by atoms with van der Waals surface area (Å²) in [5, 5.41) is 0. The molecule has 2 rings (SSSR count). The molecule has 3 N–H and O–H groups in total. The Bertz CT molecular complexity index is 648. The van der Waals surface area contributed by atoms with E-state index in [4.69, 9.17) is 18.0 Å². The van der Waals surface area contributed by atoms with Gasteiger partial charge in [0.15, 0.2) is 0 Å². The van der Waals surface area contributed by atoms with Crippen molar-refractivity contribution in [3.05, 3.63) is 29.3 Å². The van der Waals surface area contributed by atoms with Crippen LogP contribution in [-0.4, -0.2) is 20.0 Å². The van der Waals surface area contributed by atoms with Crippen molar-refractivity contribution in [2.75, 3.05) is 6.54 Å². The van der Waals surface area contributed by atoms with Gasteiger partial charge in [-0.15, -0.1) is 0 Å². The summed E-state index contributed by atoms with van der Waals surface area (Å²) in [7, 11) is -3.49. The van der Waals surface area contributed by atoms with Crippen molar-refractivity contribution in [2.45, 2.75) is 44.4 Å². The topological polar surface area (TPSA) is 72.2 Å². The lowest BCUT2D eigenvalue weighted by atomic mass is 9.89. The first-order valence-corrected chi connectivity index (χ1v) is 9.03. The van der Waals surface area contributed by atoms with Gasteiger partial charge in [-0.3, -0.25) is 0 Å². The summed E-state index contributed by atoms with van der Waals surface area (Å²) < 4.78 is 27.7. The van der Waals surface area contributed by atoms with E-state index in [0.29, 0.717) is 22.6 Å². The SMILES string of the molecule is Cc1cc(C(N)=S)ccc1S(=O)(=O)NCC1(C)CCCC1. The van der Waals surface area contributed by atoms with Crippen molar-refractivity contribution in [1.29, 1.82) is 0 Å². The Hall–Kier alpha value is -0.980. The van der Waals surface area contributed by atoms with Crippen molar-refractivity contribution in [3.63, 3.8) is 0 Å². The Labute approximate surface area is 132 Å². The molecule has 1 aliphatic rings. The molecule has 0 bridgehead atoms. The normalized spacial score (nSPS) is 17.8. The van der Waals surface area contributed by atoms with Crippen LogP contribution in [-0.2, 0) is 10.0 Å². The molecule has 1 aliphatic carbocycles. The maximum absolute atomic E-state index is 12.5. The van der Waals surface area contributed by atoms with Crippen molar-refractivity contribution < 1.29 is 8.42 Å². The van der Waals surface area contributed by atoms with Crippen LogP contribution in [0, 0.1) is 12.3 Å². The molecule has 0 aliphatic heterocycles. The van der Waals surface area contributed by atoms with Crippen LogP contribution in [0.3, 0.4) is 0 Å². The molecule has 0 heterocycles. The second-order valence-electron chi connectivity index (χ2n) is 6.19. The molecule has 0 saturated heterocycles. The van der Waals surface area contributed by atoms with E-state index in [1.165, 1.54) is 12.8 Å². The third-order valence-electron chi connectivity index (χ3n) is 4.25. The van der Waals surface area contributed by atoms with Gasteiger partial charge >= 0.3 is 0 Å². The van der Waals surface area contributed by atoms with Crippen molar-refractivity contribution in [1.82, 2.24) is 4.72 Å². The quantitative estimate of drug-likeness (QED) is 0.816. The first-order valence-electron chi connectivity index (χ1n) is 7.14. The van der Waals surface area contributed by atoms with Crippen LogP contribution < -0.4 is 10.5 Å². The van der Waals surface area contributed by atoms with Gasteiger partial charge < -0.3 is 5.73 Å². The monoisotopic (exact) mass is 326 g/mol. The highest BCUT2D eigenvalue weighted by Gasteiger charge is 2.30. The maximum atomic E-state index is 12.5. The molecular weight excluding hydrogens is 304 g/mol. The third kappa shape index (κ3) is 3.81. The van der Waals surface area contributed by atoms with E-state index in [1.54, 1.807) is 25.1 Å². The fourth-order valence-electron chi connectivity index (χ4n) is 2.86. The molecule has 0 amide bonds. The molecular formula is C15H22N2O2S2. The van der Waals surface area contributed by atoms with Gasteiger partial charge in [0.25, 0.3) is 0 Å². The van der Waals surface area contributed by atoms with Crippen LogP contribution in [0.1, 0.15) is 43.7 Å². The van der Waals surface area contributed by atoms with Gasteiger partial charge in [0.05, 0.1) is 4.90 Å². The minimum Gasteiger partial charge on any atom is -0.389 e. The number of thiocarbonyl (C=S) groups is 1. The summed E-state index contributed by atoms with van der Waals surface area (Å²) in [4.78, 5) is 0.567. The zero-order chi connectivity index (χ0) is 15.7. The molecule has 1 aromatic rings. The minimum absolute atomic E-state index is 0.0831. The number of nitrogens with one attached hydrogen (secondary N) is 1. The van der Waals surface area contributed by atoms with E-state index in [1.807, 2.05) is 0 Å². The number of benzene rings is 1. The zero-order valence-corrected chi connectivity index (χ0v) is 14.1. The standard InChI is InChI=1S/C15H22N2O2S2/c1-11-9-12(14(16)20)5-6-13(11)21(18,19)17-10-15(2)7-3-4-8-15/h5-6,9,17H,3-4,7-8,10H2,1-2H3,(H2,16,20). The van der Waals surface area contributed by atoms with E-state index in [9.17, 15) is 8.42 Å². The van der Waals surface area contributed by atoms with E-state index in [0.717, 1.165) is 12.8 Å². The predicted molar refractivity (Wildman–Crippen MR) is 88.8 cm³/mol. The van der Waals surface area contributed by atoms with E-state index in [2.05, 4.69) is 11.6 Å². The summed E-state index contributed by atoms with van der Waals surface area (Å²) in [6.07, 6.45) is 4.52. The van der Waals surface area contributed by atoms with Crippen LogP contribution in [0.4, 0.5) is 0 Å². The van der Waals surface area contributed by atoms with Gasteiger partial charge in [-0.1, -0.05) is 38.0 Å². The zero-order valence-electron chi connectivity index (χ0n) is 12.5. The summed E-state index contributed by atoms with van der Waals surface area (Å²) in [5.41, 5.74) is 6.99. The number of aryl methyl sites for hydroxylation is 1. The number of sulfonamides is 1. The Morgan fingerprint density at radius 3 is 2.52 bits per heavy atom. The molecule has 0 spiro atoms. The molecule has 0 atom stereocenters. The Morgan fingerprint density at radius 2 is 2.00 bits per heavy atom. The fourth-order valence-corrected chi connectivity index (χ4v) is 4.41. The van der Waals surface area contributed by atoms with Crippen LogP contribution in [0.5, 0.6) is 0 Å². The Balaban J connectivity index is 2.17. The van der Waals surface area contributed by atoms with Crippen LogP contribution in [0.15, 0.2) is 23.1 Å². The van der Waals surface area contributed by atoms with Gasteiger partial charge in [-0.05, 0) is 42.9 Å². The smallest absolute Gasteiger partial charge is 0.240 e. The molecule has 6 heteroatoms. The average molecular weight is 326 g/mol. The second kappa shape index (κ2) is 6.02. The van der Waals surface area contributed by atoms with Gasteiger partial charge in [0.1, 0.15) is 4.99 Å². The van der Waals surface area contributed by atoms with E-state index in [-0.39, 0.29) is 10.4 Å². The first kappa shape index (κ1) is 16.4. The van der Waals surface area contributed by atoms with Crippen LogP contribution >= 0.6 is 12.2 Å². The van der Waals surface area contributed by atoms with Gasteiger partial charge in [0, 0.05) is 12.1 Å². The molecule has 0 aromatic heterocycles. The molecule has 0 unspecified atom stereocenters. The molecule has 0 radical (unpaired) electrons. The molecule has 1 aromatic carbocycles. The number of nitrogens with two attached hydrogens (primary N) is 1. The van der Waals surface area contributed by atoms with Crippen molar-refractivity contribution in [3.8, 4) is 0 Å². The van der Waals surface area contributed by atoms with Crippen LogP contribution in [0.2, 0.25) is 0 Å². The van der Waals surface area contributed by atoms with Crippen LogP contribution in [0.25, 0.3) is 0 Å². The third-order valence-corrected chi connectivity index (χ3v) is 6.05. The van der Waals surface area contributed by atoms with Crippen molar-refractivity contribution >= 4 is 27.2 Å². The summed E-state index contributed by atoms with van der Waals surface area (Å²) >= 11 is 4.91. The van der Waals surface area contributed by atoms with Crippen molar-refractivity contribution in [2.24, 2.45) is 11.1 Å². The first-order chi connectivity index (χ1) is 9.73. The van der Waals surface area contributed by atoms with Gasteiger partial charge in [0.2, 0.25) is 10.0 Å². The highest BCUT2D eigenvalue weighted by Crippen LogP contribution is 2.37.